The Kier molecular flexibility index (Phi) is 7.07. The van der Waals surface area contributed by atoms with E-state index < -0.39 is 11.9 Å². The van der Waals surface area contributed by atoms with E-state index >= 15 is 0 Å². The summed E-state index contributed by atoms with van der Waals surface area (Å²) in [4.78, 5) is 30.0. The van der Waals surface area contributed by atoms with E-state index in [4.69, 9.17) is 4.42 Å². The minimum absolute atomic E-state index is 0.0650. The number of carbonyl (C=O) groups is 2. The van der Waals surface area contributed by atoms with E-state index in [9.17, 15) is 14.0 Å². The Morgan fingerprint density at radius 1 is 1.11 bits per heavy atom. The van der Waals surface area contributed by atoms with Gasteiger partial charge in [-0.3, -0.25) is 14.5 Å². The normalized spacial score (nSPS) is 14.4. The zero-order valence-electron chi connectivity index (χ0n) is 20.4. The molecule has 4 aromatic rings. The van der Waals surface area contributed by atoms with Crippen LogP contribution in [0.5, 0.6) is 0 Å². The summed E-state index contributed by atoms with van der Waals surface area (Å²) in [7, 11) is 0. The smallest absolute Gasteiger partial charge is 0.251 e. The van der Waals surface area contributed by atoms with Crippen LogP contribution in [0.3, 0.4) is 0 Å². The molecule has 1 aliphatic carbocycles. The van der Waals surface area contributed by atoms with Gasteiger partial charge in [0.25, 0.3) is 11.8 Å². The fourth-order valence-electron chi connectivity index (χ4n) is 4.54. The van der Waals surface area contributed by atoms with Crippen molar-refractivity contribution in [1.29, 1.82) is 0 Å². The molecule has 0 unspecified atom stereocenters. The Morgan fingerprint density at radius 3 is 2.51 bits per heavy atom. The topological polar surface area (TPSA) is 106 Å². The lowest BCUT2D eigenvalue weighted by Crippen LogP contribution is -2.47. The van der Waals surface area contributed by atoms with Gasteiger partial charge in [-0.05, 0) is 73.5 Å². The first-order chi connectivity index (χ1) is 18.0. The van der Waals surface area contributed by atoms with Gasteiger partial charge in [0.05, 0.1) is 6.26 Å². The summed E-state index contributed by atoms with van der Waals surface area (Å²) in [5.74, 6) is -0.497. The minimum Gasteiger partial charge on any atom is -0.467 e. The Balaban J connectivity index is 1.46. The molecule has 2 amide bonds. The fraction of sp³-hybridized carbons (Fsp3) is 0.296. The summed E-state index contributed by atoms with van der Waals surface area (Å²) < 4.78 is 18.9. The molecule has 1 saturated carbocycles. The van der Waals surface area contributed by atoms with E-state index in [1.54, 1.807) is 24.3 Å². The third-order valence-electron chi connectivity index (χ3n) is 6.43. The lowest BCUT2D eigenvalue weighted by Gasteiger charge is -2.30. The molecule has 1 aliphatic rings. The average molecular weight is 503 g/mol. The summed E-state index contributed by atoms with van der Waals surface area (Å²) in [6, 6.07) is 15.5. The maximum absolute atomic E-state index is 13.8. The molecule has 0 saturated heterocycles. The summed E-state index contributed by atoms with van der Waals surface area (Å²) >= 11 is 0. The predicted molar refractivity (Wildman–Crippen MR) is 134 cm³/mol. The summed E-state index contributed by atoms with van der Waals surface area (Å²) in [5.41, 5.74) is 2.13. The van der Waals surface area contributed by atoms with Crippen LogP contribution in [0.1, 0.15) is 43.0 Å². The monoisotopic (exact) mass is 502 g/mol. The van der Waals surface area contributed by atoms with Crippen LogP contribution < -0.4 is 10.2 Å². The van der Waals surface area contributed by atoms with Gasteiger partial charge >= 0.3 is 0 Å². The first kappa shape index (κ1) is 24.4. The molecule has 5 rings (SSSR count). The largest absolute Gasteiger partial charge is 0.467 e. The van der Waals surface area contributed by atoms with E-state index in [1.807, 2.05) is 19.1 Å². The van der Waals surface area contributed by atoms with Gasteiger partial charge in [-0.15, -0.1) is 10.2 Å². The van der Waals surface area contributed by atoms with Gasteiger partial charge in [0.2, 0.25) is 5.82 Å². The number of tetrazole rings is 1. The molecule has 1 N–H and O–H groups in total. The van der Waals surface area contributed by atoms with E-state index in [0.717, 1.165) is 36.0 Å². The highest BCUT2D eigenvalue weighted by molar-refractivity contribution is 6.01. The fourth-order valence-corrected chi connectivity index (χ4v) is 4.54. The number of nitrogens with one attached hydrogen (secondary N) is 1. The zero-order valence-corrected chi connectivity index (χ0v) is 20.4. The van der Waals surface area contributed by atoms with Crippen LogP contribution in [0.4, 0.5) is 10.1 Å². The summed E-state index contributed by atoms with van der Waals surface area (Å²) in [6.07, 6.45) is 5.42. The number of carbonyl (C=O) groups excluding carboxylic acids is 2. The Morgan fingerprint density at radius 2 is 1.84 bits per heavy atom. The number of anilines is 1. The van der Waals surface area contributed by atoms with Crippen LogP contribution in [0.15, 0.2) is 71.3 Å². The van der Waals surface area contributed by atoms with Gasteiger partial charge in [-0.1, -0.05) is 30.5 Å². The maximum atomic E-state index is 13.8. The average Bonchev–Trinajstić information content (AvgIpc) is 3.67. The SMILES string of the molecule is Cc1ccc(N(C(=O)Cn2nnc(-c3ccc(F)cc3)n2)[C@H](C(=O)NC2CCCC2)c2ccco2)cc1. The van der Waals surface area contributed by atoms with Crippen molar-refractivity contribution in [3.05, 3.63) is 84.1 Å². The third kappa shape index (κ3) is 5.58. The van der Waals surface area contributed by atoms with Crippen molar-refractivity contribution in [2.75, 3.05) is 4.90 Å². The van der Waals surface area contributed by atoms with E-state index in [0.29, 0.717) is 17.0 Å². The minimum atomic E-state index is -1.02. The molecule has 2 aromatic carbocycles. The first-order valence-electron chi connectivity index (χ1n) is 12.2. The Bertz CT molecular complexity index is 1350. The third-order valence-corrected chi connectivity index (χ3v) is 6.43. The highest BCUT2D eigenvalue weighted by atomic mass is 19.1. The van der Waals surface area contributed by atoms with E-state index in [-0.39, 0.29) is 30.1 Å². The second kappa shape index (κ2) is 10.7. The number of furan rings is 1. The number of rotatable bonds is 8. The first-order valence-corrected chi connectivity index (χ1v) is 12.2. The van der Waals surface area contributed by atoms with Crippen LogP contribution in [0.2, 0.25) is 0 Å². The van der Waals surface area contributed by atoms with Crippen molar-refractivity contribution in [1.82, 2.24) is 25.5 Å². The van der Waals surface area contributed by atoms with Crippen LogP contribution >= 0.6 is 0 Å². The molecule has 0 bridgehead atoms. The number of halogens is 1. The predicted octanol–water partition coefficient (Wildman–Crippen LogP) is 4.21. The summed E-state index contributed by atoms with van der Waals surface area (Å²) in [6.45, 7) is 1.68. The van der Waals surface area contributed by atoms with Crippen molar-refractivity contribution in [3.63, 3.8) is 0 Å². The molecule has 10 heteroatoms. The molecule has 0 radical (unpaired) electrons. The number of aromatic nitrogens is 4. The van der Waals surface area contributed by atoms with Gasteiger partial charge in [0, 0.05) is 17.3 Å². The van der Waals surface area contributed by atoms with Crippen LogP contribution in [-0.4, -0.2) is 38.1 Å². The van der Waals surface area contributed by atoms with Crippen LogP contribution in [0.25, 0.3) is 11.4 Å². The van der Waals surface area contributed by atoms with Gasteiger partial charge in [0.1, 0.15) is 18.1 Å². The molecule has 9 nitrogen and oxygen atoms in total. The Hall–Kier alpha value is -4.34. The second-order valence-electron chi connectivity index (χ2n) is 9.16. The van der Waals surface area contributed by atoms with E-state index in [1.165, 1.54) is 35.4 Å². The molecule has 1 fully saturated rings. The zero-order chi connectivity index (χ0) is 25.8. The van der Waals surface area contributed by atoms with Gasteiger partial charge < -0.3 is 9.73 Å². The Labute approximate surface area is 213 Å². The van der Waals surface area contributed by atoms with Gasteiger partial charge in [-0.2, -0.15) is 4.80 Å². The lowest BCUT2D eigenvalue weighted by molar-refractivity contribution is -0.128. The highest BCUT2D eigenvalue weighted by Crippen LogP contribution is 2.30. The number of aryl methyl sites for hydroxylation is 1. The molecule has 0 aliphatic heterocycles. The standard InChI is InChI=1S/C27H27FN6O3/c1-18-8-14-22(15-9-18)34(25(23-7-4-16-37-23)27(36)29-21-5-2-3-6-21)24(35)17-33-31-26(30-32-33)19-10-12-20(28)13-11-19/h4,7-16,21,25H,2-3,5-6,17H2,1H3,(H,29,36)/t25-/m0/s1. The molecule has 1 atom stereocenters. The van der Waals surface area contributed by atoms with Crippen molar-refractivity contribution < 1.29 is 18.4 Å². The second-order valence-corrected chi connectivity index (χ2v) is 9.16. The number of nitrogens with zero attached hydrogens (tertiary/aromatic N) is 5. The van der Waals surface area contributed by atoms with Crippen molar-refractivity contribution in [2.24, 2.45) is 0 Å². The number of hydrogen-bond donors (Lipinski definition) is 1. The molecular formula is C27H27FN6O3. The van der Waals surface area contributed by atoms with Crippen molar-refractivity contribution in [2.45, 2.75) is 51.2 Å². The molecule has 190 valence electrons. The van der Waals surface area contributed by atoms with Crippen molar-refractivity contribution in [3.8, 4) is 11.4 Å². The molecule has 2 heterocycles. The van der Waals surface area contributed by atoms with Gasteiger partial charge in [-0.25, -0.2) is 4.39 Å². The van der Waals surface area contributed by atoms with Crippen LogP contribution in [0, 0.1) is 12.7 Å². The molecule has 0 spiro atoms. The number of benzene rings is 2. The lowest BCUT2D eigenvalue weighted by atomic mass is 10.1. The molecule has 37 heavy (non-hydrogen) atoms. The van der Waals surface area contributed by atoms with Gasteiger partial charge in [0.15, 0.2) is 6.04 Å². The quantitative estimate of drug-likeness (QED) is 0.387. The molecule has 2 aromatic heterocycles. The maximum Gasteiger partial charge on any atom is 0.251 e. The number of amides is 2. The number of hydrogen-bond acceptors (Lipinski definition) is 6. The molecular weight excluding hydrogens is 475 g/mol. The highest BCUT2D eigenvalue weighted by Gasteiger charge is 2.36. The van der Waals surface area contributed by atoms with Crippen molar-refractivity contribution >= 4 is 17.5 Å². The summed E-state index contributed by atoms with van der Waals surface area (Å²) in [5, 5.41) is 15.4. The van der Waals surface area contributed by atoms with Crippen LogP contribution in [-0.2, 0) is 16.1 Å². The van der Waals surface area contributed by atoms with E-state index in [2.05, 4.69) is 20.7 Å².